The average Bonchev–Trinajstić information content (AvgIpc) is 2.60. The van der Waals surface area contributed by atoms with Crippen LogP contribution in [0.3, 0.4) is 0 Å². The normalized spacial score (nSPS) is 17.9. The monoisotopic (exact) mass is 406 g/mol. The lowest BCUT2D eigenvalue weighted by Crippen LogP contribution is -2.45. The van der Waals surface area contributed by atoms with Crippen molar-refractivity contribution in [3.8, 4) is 23.3 Å². The van der Waals surface area contributed by atoms with Crippen molar-refractivity contribution in [3.05, 3.63) is 51.7 Å². The fourth-order valence-corrected chi connectivity index (χ4v) is 3.18. The van der Waals surface area contributed by atoms with Crippen LogP contribution in [-0.4, -0.2) is 20.3 Å². The van der Waals surface area contributed by atoms with Crippen molar-refractivity contribution < 1.29 is 18.6 Å². The lowest BCUT2D eigenvalue weighted by atomic mass is 9.81. The summed E-state index contributed by atoms with van der Waals surface area (Å²) in [6.45, 7) is 0.308. The Morgan fingerprint density at radius 2 is 2.12 bits per heavy atom. The van der Waals surface area contributed by atoms with Gasteiger partial charge in [-0.3, -0.25) is 0 Å². The number of ether oxygens (including phenoxy) is 3. The summed E-state index contributed by atoms with van der Waals surface area (Å²) in [5.41, 5.74) is 6.66. The summed E-state index contributed by atoms with van der Waals surface area (Å²) >= 11 is 3.42. The Labute approximate surface area is 153 Å². The van der Waals surface area contributed by atoms with Gasteiger partial charge in [0.25, 0.3) is 0 Å². The van der Waals surface area contributed by atoms with E-state index in [0.29, 0.717) is 22.6 Å². The van der Waals surface area contributed by atoms with E-state index in [0.717, 1.165) is 4.47 Å². The number of nitrogens with two attached hydrogens (primary N) is 1. The van der Waals surface area contributed by atoms with Crippen LogP contribution in [0, 0.1) is 17.1 Å². The van der Waals surface area contributed by atoms with Crippen molar-refractivity contribution in [1.82, 2.24) is 0 Å². The number of methoxy groups -OCH3 is 1. The Morgan fingerprint density at radius 1 is 1.32 bits per heavy atom. The van der Waals surface area contributed by atoms with Crippen molar-refractivity contribution in [2.75, 3.05) is 20.3 Å². The largest absolute Gasteiger partial charge is 0.497 e. The van der Waals surface area contributed by atoms with Crippen LogP contribution in [0.5, 0.6) is 17.2 Å². The minimum atomic E-state index is -1.14. The van der Waals surface area contributed by atoms with Crippen LogP contribution in [0.25, 0.3) is 0 Å². The molecule has 2 aromatic rings. The molecule has 5 nitrogen and oxygen atoms in total. The number of hydrogen-bond acceptors (Lipinski definition) is 5. The fraction of sp³-hybridized carbons (Fsp3) is 0.278. The van der Waals surface area contributed by atoms with Crippen molar-refractivity contribution in [2.45, 2.75) is 12.0 Å². The molecule has 0 radical (unpaired) electrons. The standard InChI is InChI=1S/C18H16BrFN2O3/c1-23-12-8-14-17(15(20)9-12)25-16-4-3-11(19)7-13(16)18(14,22)10-24-6-2-5-21/h3-4,7-9H,2,6,10,22H2,1H3. The van der Waals surface area contributed by atoms with E-state index in [2.05, 4.69) is 15.9 Å². The van der Waals surface area contributed by atoms with E-state index in [1.165, 1.54) is 13.2 Å². The minimum absolute atomic E-state index is 0.0574. The van der Waals surface area contributed by atoms with Gasteiger partial charge in [-0.25, -0.2) is 4.39 Å². The predicted octanol–water partition coefficient (Wildman–Crippen LogP) is 3.84. The van der Waals surface area contributed by atoms with Crippen LogP contribution >= 0.6 is 15.9 Å². The first-order valence-corrected chi connectivity index (χ1v) is 8.38. The highest BCUT2D eigenvalue weighted by atomic mass is 79.9. The summed E-state index contributed by atoms with van der Waals surface area (Å²) < 4.78 is 31.9. The molecule has 0 bridgehead atoms. The van der Waals surface area contributed by atoms with Crippen molar-refractivity contribution in [2.24, 2.45) is 5.73 Å². The quantitative estimate of drug-likeness (QED) is 0.763. The van der Waals surface area contributed by atoms with Crippen LogP contribution in [0.2, 0.25) is 0 Å². The number of benzene rings is 2. The summed E-state index contributed by atoms with van der Waals surface area (Å²) in [6, 6.07) is 10.3. The second kappa shape index (κ2) is 7.00. The molecule has 0 aliphatic carbocycles. The second-order valence-corrected chi connectivity index (χ2v) is 6.58. The number of nitrogens with zero attached hydrogens (tertiary/aromatic N) is 1. The summed E-state index contributed by atoms with van der Waals surface area (Å²) in [5, 5.41) is 8.67. The van der Waals surface area contributed by atoms with Gasteiger partial charge in [-0.15, -0.1) is 0 Å². The maximum Gasteiger partial charge on any atom is 0.169 e. The van der Waals surface area contributed by atoms with Gasteiger partial charge in [-0.1, -0.05) is 15.9 Å². The van der Waals surface area contributed by atoms with E-state index in [4.69, 9.17) is 25.2 Å². The molecule has 1 unspecified atom stereocenters. The maximum atomic E-state index is 14.5. The van der Waals surface area contributed by atoms with Crippen LogP contribution in [0.15, 0.2) is 34.8 Å². The van der Waals surface area contributed by atoms with E-state index in [1.54, 1.807) is 18.2 Å². The highest BCUT2D eigenvalue weighted by Crippen LogP contribution is 2.48. The first kappa shape index (κ1) is 17.7. The molecule has 3 rings (SSSR count). The number of rotatable bonds is 5. The molecule has 2 aromatic carbocycles. The zero-order valence-electron chi connectivity index (χ0n) is 13.5. The molecule has 1 atom stereocenters. The topological polar surface area (TPSA) is 77.5 Å². The molecule has 0 fully saturated rings. The molecule has 0 aromatic heterocycles. The SMILES string of the molecule is COc1cc(F)c2c(c1)C(N)(COCCC#N)c1cc(Br)ccc1O2. The van der Waals surface area contributed by atoms with Gasteiger partial charge in [0.1, 0.15) is 11.5 Å². The highest BCUT2D eigenvalue weighted by Gasteiger charge is 2.41. The molecule has 2 N–H and O–H groups in total. The van der Waals surface area contributed by atoms with Gasteiger partial charge >= 0.3 is 0 Å². The predicted molar refractivity (Wildman–Crippen MR) is 93.2 cm³/mol. The third kappa shape index (κ3) is 3.21. The van der Waals surface area contributed by atoms with Crippen molar-refractivity contribution in [3.63, 3.8) is 0 Å². The van der Waals surface area contributed by atoms with Gasteiger partial charge in [0.15, 0.2) is 11.6 Å². The molecular formula is C18H16BrFN2O3. The van der Waals surface area contributed by atoms with Gasteiger partial charge in [-0.05, 0) is 24.3 Å². The van der Waals surface area contributed by atoms with E-state index in [9.17, 15) is 4.39 Å². The van der Waals surface area contributed by atoms with Crippen molar-refractivity contribution >= 4 is 15.9 Å². The molecule has 0 saturated heterocycles. The van der Waals surface area contributed by atoms with Gasteiger partial charge in [0.05, 0.1) is 38.4 Å². The molecular weight excluding hydrogens is 391 g/mol. The van der Waals surface area contributed by atoms with Crippen LogP contribution in [-0.2, 0) is 10.3 Å². The molecule has 25 heavy (non-hydrogen) atoms. The third-order valence-electron chi connectivity index (χ3n) is 4.06. The molecule has 0 saturated carbocycles. The highest BCUT2D eigenvalue weighted by molar-refractivity contribution is 9.10. The minimum Gasteiger partial charge on any atom is -0.497 e. The lowest BCUT2D eigenvalue weighted by molar-refractivity contribution is 0.0976. The molecule has 130 valence electrons. The summed E-state index contributed by atoms with van der Waals surface area (Å²) in [5.74, 6) is 0.299. The van der Waals surface area contributed by atoms with Gasteiger partial charge < -0.3 is 19.9 Å². The first-order valence-electron chi connectivity index (χ1n) is 7.59. The number of nitriles is 1. The van der Waals surface area contributed by atoms with Crippen LogP contribution in [0.1, 0.15) is 17.5 Å². The van der Waals surface area contributed by atoms with E-state index in [-0.39, 0.29) is 25.4 Å². The lowest BCUT2D eigenvalue weighted by Gasteiger charge is -2.37. The zero-order chi connectivity index (χ0) is 18.0. The summed E-state index contributed by atoms with van der Waals surface area (Å²) in [7, 11) is 1.46. The molecule has 1 heterocycles. The Bertz CT molecular complexity index is 853. The van der Waals surface area contributed by atoms with Crippen LogP contribution in [0.4, 0.5) is 4.39 Å². The Balaban J connectivity index is 2.13. The van der Waals surface area contributed by atoms with Gasteiger partial charge in [-0.2, -0.15) is 5.26 Å². The fourth-order valence-electron chi connectivity index (χ4n) is 2.82. The number of hydrogen-bond donors (Lipinski definition) is 1. The second-order valence-electron chi connectivity index (χ2n) is 5.66. The van der Waals surface area contributed by atoms with Crippen LogP contribution < -0.4 is 15.2 Å². The van der Waals surface area contributed by atoms with E-state index < -0.39 is 11.4 Å². The number of fused-ring (bicyclic) bond motifs is 2. The van der Waals surface area contributed by atoms with Crippen molar-refractivity contribution in [1.29, 1.82) is 5.26 Å². The zero-order valence-corrected chi connectivity index (χ0v) is 15.1. The summed E-state index contributed by atoms with van der Waals surface area (Å²) in [4.78, 5) is 0. The summed E-state index contributed by atoms with van der Waals surface area (Å²) in [6.07, 6.45) is 0.247. The maximum absolute atomic E-state index is 14.5. The van der Waals surface area contributed by atoms with Gasteiger partial charge in [0.2, 0.25) is 0 Å². The molecule has 0 amide bonds. The van der Waals surface area contributed by atoms with Gasteiger partial charge in [0, 0.05) is 21.7 Å². The molecule has 7 heteroatoms. The first-order chi connectivity index (χ1) is 12.0. The third-order valence-corrected chi connectivity index (χ3v) is 4.55. The Kier molecular flexibility index (Phi) is 4.95. The Hall–Kier alpha value is -2.14. The molecule has 1 aliphatic heterocycles. The average molecular weight is 407 g/mol. The smallest absolute Gasteiger partial charge is 0.169 e. The molecule has 0 spiro atoms. The van der Waals surface area contributed by atoms with E-state index >= 15 is 0 Å². The number of halogens is 2. The van der Waals surface area contributed by atoms with E-state index in [1.807, 2.05) is 12.1 Å². The Morgan fingerprint density at radius 3 is 2.84 bits per heavy atom. The molecule has 1 aliphatic rings.